The van der Waals surface area contributed by atoms with Crippen molar-refractivity contribution in [1.82, 2.24) is 14.7 Å². The Hall–Kier alpha value is -1.53. The third-order valence-electron chi connectivity index (χ3n) is 5.57. The van der Waals surface area contributed by atoms with Crippen molar-refractivity contribution in [2.24, 2.45) is 5.92 Å². The van der Waals surface area contributed by atoms with Gasteiger partial charge in [-0.05, 0) is 37.8 Å². The second kappa shape index (κ2) is 13.6. The van der Waals surface area contributed by atoms with E-state index in [0.717, 1.165) is 19.6 Å². The number of hydrogen-bond donors (Lipinski definition) is 1. The fourth-order valence-corrected chi connectivity index (χ4v) is 3.98. The van der Waals surface area contributed by atoms with E-state index >= 15 is 0 Å². The zero-order valence-corrected chi connectivity index (χ0v) is 19.7. The van der Waals surface area contributed by atoms with Gasteiger partial charge in [0.1, 0.15) is 0 Å². The molecule has 2 heterocycles. The number of piperidine rings is 1. The van der Waals surface area contributed by atoms with Crippen LogP contribution < -0.4 is 0 Å². The van der Waals surface area contributed by atoms with E-state index in [1.165, 1.54) is 24.8 Å². The molecule has 2 saturated heterocycles. The van der Waals surface area contributed by atoms with E-state index in [1.54, 1.807) is 18.2 Å². The molecule has 6 heteroatoms. The maximum Gasteiger partial charge on any atom is 0.228 e. The monoisotopic (exact) mass is 421 g/mol. The third kappa shape index (κ3) is 7.34. The molecule has 0 aromatic heterocycles. The van der Waals surface area contributed by atoms with Crippen molar-refractivity contribution in [3.8, 4) is 0 Å². The van der Waals surface area contributed by atoms with Gasteiger partial charge in [-0.3, -0.25) is 9.59 Å². The molecule has 1 aromatic carbocycles. The molecule has 2 atom stereocenters. The quantitative estimate of drug-likeness (QED) is 0.737. The average Bonchev–Trinajstić information content (AvgIpc) is 3.13. The molecular formula is C23H39N3O2S. The highest BCUT2D eigenvalue weighted by atomic mass is 32.1. The number of carbonyl (C=O) groups excluding carboxylic acids is 2. The lowest BCUT2D eigenvalue weighted by Gasteiger charge is -2.36. The number of nitrogens with zero attached hydrogens (tertiary/aromatic N) is 3. The van der Waals surface area contributed by atoms with Crippen LogP contribution in [0.4, 0.5) is 0 Å². The summed E-state index contributed by atoms with van der Waals surface area (Å²) in [6.45, 7) is 7.61. The van der Waals surface area contributed by atoms with Gasteiger partial charge >= 0.3 is 0 Å². The molecule has 5 nitrogen and oxygen atoms in total. The number of benzene rings is 1. The molecule has 2 aliphatic rings. The van der Waals surface area contributed by atoms with Crippen LogP contribution in [0.25, 0.3) is 0 Å². The maximum atomic E-state index is 13.0. The zero-order chi connectivity index (χ0) is 21.8. The highest BCUT2D eigenvalue weighted by Crippen LogP contribution is 2.26. The Morgan fingerprint density at radius 2 is 1.72 bits per heavy atom. The highest BCUT2D eigenvalue weighted by Gasteiger charge is 2.36. The highest BCUT2D eigenvalue weighted by molar-refractivity contribution is 7.79. The second-order valence-electron chi connectivity index (χ2n) is 7.41. The Balaban J connectivity index is 0.000000989. The van der Waals surface area contributed by atoms with E-state index in [4.69, 9.17) is 0 Å². The summed E-state index contributed by atoms with van der Waals surface area (Å²) in [5.74, 6) is -0.0577. The molecule has 3 rings (SSSR count). The molecule has 2 amide bonds. The minimum absolute atomic E-state index is 0.0350. The number of amides is 2. The molecule has 2 unspecified atom stereocenters. The van der Waals surface area contributed by atoms with Crippen molar-refractivity contribution in [1.29, 1.82) is 0 Å². The molecule has 29 heavy (non-hydrogen) atoms. The first-order valence-corrected chi connectivity index (χ1v) is 11.7. The molecular weight excluding hydrogens is 382 g/mol. The second-order valence-corrected chi connectivity index (χ2v) is 7.41. The van der Waals surface area contributed by atoms with Crippen LogP contribution in [0.1, 0.15) is 51.1 Å². The molecule has 0 aliphatic carbocycles. The Bertz CT molecular complexity index is 605. The van der Waals surface area contributed by atoms with Gasteiger partial charge in [0.15, 0.2) is 0 Å². The van der Waals surface area contributed by atoms with Crippen LogP contribution in [0, 0.1) is 5.92 Å². The van der Waals surface area contributed by atoms with E-state index in [-0.39, 0.29) is 23.8 Å². The van der Waals surface area contributed by atoms with Gasteiger partial charge in [0.05, 0.1) is 12.0 Å². The van der Waals surface area contributed by atoms with E-state index < -0.39 is 0 Å². The Labute approximate surface area is 182 Å². The summed E-state index contributed by atoms with van der Waals surface area (Å²) >= 11 is 3.53. The summed E-state index contributed by atoms with van der Waals surface area (Å²) < 4.78 is 0. The first kappa shape index (κ1) is 25.5. The van der Waals surface area contributed by atoms with Crippen molar-refractivity contribution >= 4 is 24.4 Å². The van der Waals surface area contributed by atoms with Crippen LogP contribution in [-0.4, -0.2) is 73.0 Å². The Morgan fingerprint density at radius 1 is 1.14 bits per heavy atom. The van der Waals surface area contributed by atoms with Crippen molar-refractivity contribution in [2.45, 2.75) is 45.6 Å². The minimum Gasteiger partial charge on any atom is -0.345 e. The van der Waals surface area contributed by atoms with Gasteiger partial charge in [0.2, 0.25) is 11.8 Å². The molecule has 0 bridgehead atoms. The van der Waals surface area contributed by atoms with Crippen LogP contribution >= 0.6 is 12.6 Å². The lowest BCUT2D eigenvalue weighted by molar-refractivity contribution is -0.137. The molecule has 2 aliphatic heterocycles. The summed E-state index contributed by atoms with van der Waals surface area (Å²) in [7, 11) is 3.67. The number of thiol groups is 1. The zero-order valence-electron chi connectivity index (χ0n) is 18.8. The normalized spacial score (nSPS) is 20.1. The van der Waals surface area contributed by atoms with Crippen molar-refractivity contribution in [2.75, 3.05) is 46.5 Å². The summed E-state index contributed by atoms with van der Waals surface area (Å²) in [6.07, 6.45) is 5.81. The lowest BCUT2D eigenvalue weighted by atomic mass is 10.0. The summed E-state index contributed by atoms with van der Waals surface area (Å²) in [6, 6.07) is 10.3. The van der Waals surface area contributed by atoms with Gasteiger partial charge in [0.25, 0.3) is 0 Å². The first-order valence-electron chi connectivity index (χ1n) is 10.8. The van der Waals surface area contributed by atoms with Crippen LogP contribution in [0.2, 0.25) is 0 Å². The smallest absolute Gasteiger partial charge is 0.228 e. The fraction of sp³-hybridized carbons (Fsp3) is 0.652. The maximum absolute atomic E-state index is 13.0. The van der Waals surface area contributed by atoms with E-state index in [2.05, 4.69) is 29.7 Å². The molecule has 164 valence electrons. The van der Waals surface area contributed by atoms with Crippen molar-refractivity contribution in [3.05, 3.63) is 35.9 Å². The summed E-state index contributed by atoms with van der Waals surface area (Å²) in [5, 5.41) is 0. The summed E-state index contributed by atoms with van der Waals surface area (Å²) in [4.78, 5) is 30.8. The van der Waals surface area contributed by atoms with E-state index in [0.29, 0.717) is 13.0 Å². The van der Waals surface area contributed by atoms with Gasteiger partial charge in [0, 0.05) is 33.6 Å². The predicted molar refractivity (Wildman–Crippen MR) is 124 cm³/mol. The fourth-order valence-electron chi connectivity index (χ4n) is 3.98. The topological polar surface area (TPSA) is 43.9 Å². The van der Waals surface area contributed by atoms with Gasteiger partial charge in [-0.25, -0.2) is 0 Å². The molecule has 0 saturated carbocycles. The van der Waals surface area contributed by atoms with Gasteiger partial charge in [-0.2, -0.15) is 12.6 Å². The van der Waals surface area contributed by atoms with Gasteiger partial charge in [-0.1, -0.05) is 50.6 Å². The Morgan fingerprint density at radius 3 is 2.24 bits per heavy atom. The standard InChI is InChI=1S/C20H29N3O2.C2H6.CH4S/c1-21-14-17(13-19(21)24)20(25)22(2)18(16-9-5-3-6-10-16)15-23-11-7-4-8-12-23;2*1-2/h3,5-6,9-10,17-18H,4,7-8,11-15H2,1-2H3;1-2H3;2H,1H3. The largest absolute Gasteiger partial charge is 0.345 e. The number of hydrogen-bond acceptors (Lipinski definition) is 4. The number of carbonyl (C=O) groups is 2. The van der Waals surface area contributed by atoms with Gasteiger partial charge in [-0.15, -0.1) is 0 Å². The van der Waals surface area contributed by atoms with E-state index in [1.807, 2.05) is 44.0 Å². The van der Waals surface area contributed by atoms with Crippen molar-refractivity contribution < 1.29 is 9.59 Å². The molecule has 0 spiro atoms. The average molecular weight is 422 g/mol. The van der Waals surface area contributed by atoms with E-state index in [9.17, 15) is 9.59 Å². The molecule has 0 radical (unpaired) electrons. The van der Waals surface area contributed by atoms with Crippen LogP contribution in [0.3, 0.4) is 0 Å². The van der Waals surface area contributed by atoms with Crippen LogP contribution in [0.15, 0.2) is 30.3 Å². The molecule has 2 fully saturated rings. The number of rotatable bonds is 5. The number of likely N-dealkylation sites (tertiary alicyclic amines) is 2. The SMILES string of the molecule is CC.CN1CC(C(=O)N(C)C(CN2CCCCC2)c2ccccc2)CC1=O.CS. The minimum atomic E-state index is -0.213. The molecule has 0 N–H and O–H groups in total. The summed E-state index contributed by atoms with van der Waals surface area (Å²) in [5.41, 5.74) is 1.17. The van der Waals surface area contributed by atoms with Crippen LogP contribution in [0.5, 0.6) is 0 Å². The van der Waals surface area contributed by atoms with Gasteiger partial charge < -0.3 is 14.7 Å². The first-order chi connectivity index (χ1) is 14.1. The van der Waals surface area contributed by atoms with Crippen molar-refractivity contribution in [3.63, 3.8) is 0 Å². The lowest BCUT2D eigenvalue weighted by Crippen LogP contribution is -2.43. The predicted octanol–water partition coefficient (Wildman–Crippen LogP) is 3.72. The molecule has 1 aromatic rings. The number of likely N-dealkylation sites (N-methyl/N-ethyl adjacent to an activating group) is 1. The Kier molecular flexibility index (Phi) is 12.0. The third-order valence-corrected chi connectivity index (χ3v) is 5.57. The van der Waals surface area contributed by atoms with Crippen LogP contribution in [-0.2, 0) is 9.59 Å².